The highest BCUT2D eigenvalue weighted by Gasteiger charge is 2.21. The molecule has 0 fully saturated rings. The molecule has 0 aliphatic heterocycles. The van der Waals surface area contributed by atoms with Crippen molar-refractivity contribution in [3.05, 3.63) is 69.8 Å². The van der Waals surface area contributed by atoms with Crippen LogP contribution in [0, 0.1) is 27.7 Å². The molecule has 1 unspecified atom stereocenters. The summed E-state index contributed by atoms with van der Waals surface area (Å²) in [5, 5.41) is 2.92. The smallest absolute Gasteiger partial charge is 0.407 e. The lowest BCUT2D eigenvalue weighted by Crippen LogP contribution is -2.36. The molecule has 1 amide bonds. The van der Waals surface area contributed by atoms with E-state index in [0.717, 1.165) is 0 Å². The molecule has 0 saturated carbocycles. The number of carbonyl (C=O) groups is 1. The minimum Gasteiger partial charge on any atom is -0.444 e. The van der Waals surface area contributed by atoms with E-state index in [4.69, 9.17) is 9.47 Å². The Hall–Kier alpha value is -2.33. The second-order valence-electron chi connectivity index (χ2n) is 8.77. The van der Waals surface area contributed by atoms with Gasteiger partial charge in [0, 0.05) is 12.5 Å². The van der Waals surface area contributed by atoms with Crippen molar-refractivity contribution < 1.29 is 14.3 Å². The summed E-state index contributed by atoms with van der Waals surface area (Å²) in [6.07, 6.45) is -0.400. The zero-order chi connectivity index (χ0) is 21.6. The number of aryl methyl sites for hydroxylation is 4. The average molecular weight is 398 g/mol. The van der Waals surface area contributed by atoms with Gasteiger partial charge in [-0.1, -0.05) is 36.4 Å². The van der Waals surface area contributed by atoms with Crippen LogP contribution in [0.2, 0.25) is 0 Å². The zero-order valence-corrected chi connectivity index (χ0v) is 18.9. The van der Waals surface area contributed by atoms with Crippen LogP contribution in [-0.2, 0) is 16.1 Å². The van der Waals surface area contributed by atoms with Gasteiger partial charge in [-0.3, -0.25) is 0 Å². The number of rotatable bonds is 7. The Labute approximate surface area is 175 Å². The topological polar surface area (TPSA) is 47.6 Å². The maximum atomic E-state index is 12.2. The van der Waals surface area contributed by atoms with Crippen LogP contribution in [0.25, 0.3) is 0 Å². The largest absolute Gasteiger partial charge is 0.444 e. The van der Waals surface area contributed by atoms with Crippen LogP contribution >= 0.6 is 0 Å². The molecule has 0 saturated heterocycles. The van der Waals surface area contributed by atoms with E-state index in [0.29, 0.717) is 19.8 Å². The Kier molecular flexibility index (Phi) is 7.86. The highest BCUT2D eigenvalue weighted by atomic mass is 16.6. The number of hydrogen-bond acceptors (Lipinski definition) is 3. The first-order valence-corrected chi connectivity index (χ1v) is 10.2. The minimum absolute atomic E-state index is 0.0491. The van der Waals surface area contributed by atoms with Crippen LogP contribution in [0.1, 0.15) is 60.1 Å². The van der Waals surface area contributed by atoms with Crippen LogP contribution < -0.4 is 5.32 Å². The lowest BCUT2D eigenvalue weighted by molar-refractivity contribution is 0.0508. The molecular formula is C25H35NO3. The van der Waals surface area contributed by atoms with Crippen LogP contribution in [0.5, 0.6) is 0 Å². The Morgan fingerprint density at radius 3 is 1.97 bits per heavy atom. The third kappa shape index (κ3) is 6.90. The van der Waals surface area contributed by atoms with E-state index in [1.165, 1.54) is 33.4 Å². The lowest BCUT2D eigenvalue weighted by Gasteiger charge is -2.24. The first-order valence-electron chi connectivity index (χ1n) is 10.2. The maximum absolute atomic E-state index is 12.2. The first kappa shape index (κ1) is 23.0. The van der Waals surface area contributed by atoms with Crippen molar-refractivity contribution >= 4 is 6.09 Å². The van der Waals surface area contributed by atoms with Crippen molar-refractivity contribution in [3.63, 3.8) is 0 Å². The summed E-state index contributed by atoms with van der Waals surface area (Å²) in [4.78, 5) is 12.2. The predicted octanol–water partition coefficient (Wildman–Crippen LogP) is 5.75. The van der Waals surface area contributed by atoms with Gasteiger partial charge in [-0.2, -0.15) is 0 Å². The molecule has 0 aliphatic carbocycles. The van der Waals surface area contributed by atoms with E-state index < -0.39 is 11.7 Å². The molecule has 0 spiro atoms. The lowest BCUT2D eigenvalue weighted by atomic mass is 9.91. The molecule has 0 radical (unpaired) electrons. The van der Waals surface area contributed by atoms with Gasteiger partial charge in [0.25, 0.3) is 0 Å². The Bertz CT molecular complexity index is 796. The minimum atomic E-state index is -0.517. The van der Waals surface area contributed by atoms with Gasteiger partial charge in [0.1, 0.15) is 5.60 Å². The fourth-order valence-electron chi connectivity index (χ4n) is 3.62. The molecular weight excluding hydrogens is 362 g/mol. The second-order valence-corrected chi connectivity index (χ2v) is 8.77. The number of amides is 1. The first-order chi connectivity index (χ1) is 13.6. The molecule has 1 N–H and O–H groups in total. The number of benzene rings is 2. The van der Waals surface area contributed by atoms with Crippen molar-refractivity contribution in [2.24, 2.45) is 0 Å². The fraction of sp³-hybridized carbons (Fsp3) is 0.480. The van der Waals surface area contributed by atoms with Gasteiger partial charge in [0.15, 0.2) is 0 Å². The molecule has 0 bridgehead atoms. The summed E-state index contributed by atoms with van der Waals surface area (Å²) in [5.74, 6) is 0.0491. The van der Waals surface area contributed by atoms with Gasteiger partial charge >= 0.3 is 6.09 Å². The number of carbonyl (C=O) groups excluding carboxylic acids is 1. The van der Waals surface area contributed by atoms with Crippen LogP contribution in [0.4, 0.5) is 4.79 Å². The van der Waals surface area contributed by atoms with E-state index in [-0.39, 0.29) is 5.92 Å². The summed E-state index contributed by atoms with van der Waals surface area (Å²) in [6, 6.07) is 12.6. The van der Waals surface area contributed by atoms with Crippen molar-refractivity contribution in [1.29, 1.82) is 0 Å². The van der Waals surface area contributed by atoms with Crippen LogP contribution in [-0.4, -0.2) is 24.8 Å². The monoisotopic (exact) mass is 397 g/mol. The summed E-state index contributed by atoms with van der Waals surface area (Å²) in [7, 11) is 0. The number of ether oxygens (including phenoxy) is 2. The molecule has 29 heavy (non-hydrogen) atoms. The van der Waals surface area contributed by atoms with Gasteiger partial charge in [-0.05, 0) is 81.8 Å². The molecule has 2 aromatic carbocycles. The van der Waals surface area contributed by atoms with Gasteiger partial charge in [0.2, 0.25) is 0 Å². The molecule has 158 valence electrons. The number of alkyl carbamates (subject to hydrolysis) is 1. The molecule has 4 heteroatoms. The Morgan fingerprint density at radius 2 is 1.45 bits per heavy atom. The molecule has 2 aromatic rings. The standard InChI is InChI=1S/C25H35NO3/c1-17-10-8-11-18(2)22(17)16-28-15-21(14-26-24(27)29-25(5,6)7)23-19(3)12-9-13-20(23)4/h8-13,21H,14-16H2,1-7H3,(H,26,27). The van der Waals surface area contributed by atoms with E-state index in [2.05, 4.69) is 69.4 Å². The summed E-state index contributed by atoms with van der Waals surface area (Å²) in [6.45, 7) is 15.6. The third-order valence-electron chi connectivity index (χ3n) is 5.05. The molecule has 0 aromatic heterocycles. The van der Waals surface area contributed by atoms with E-state index in [1.54, 1.807) is 0 Å². The number of nitrogens with one attached hydrogen (secondary N) is 1. The molecule has 0 aliphatic rings. The van der Waals surface area contributed by atoms with Crippen LogP contribution in [0.15, 0.2) is 36.4 Å². The molecule has 4 nitrogen and oxygen atoms in total. The van der Waals surface area contributed by atoms with E-state index in [1.807, 2.05) is 20.8 Å². The summed E-state index contributed by atoms with van der Waals surface area (Å²) >= 11 is 0. The Morgan fingerprint density at radius 1 is 0.931 bits per heavy atom. The van der Waals surface area contributed by atoms with Crippen LogP contribution in [0.3, 0.4) is 0 Å². The highest BCUT2D eigenvalue weighted by molar-refractivity contribution is 5.67. The van der Waals surface area contributed by atoms with E-state index in [9.17, 15) is 4.79 Å². The van der Waals surface area contributed by atoms with Crippen molar-refractivity contribution in [1.82, 2.24) is 5.32 Å². The molecule has 0 heterocycles. The molecule has 1 atom stereocenters. The van der Waals surface area contributed by atoms with Gasteiger partial charge in [-0.25, -0.2) is 4.79 Å². The summed E-state index contributed by atoms with van der Waals surface area (Å²) < 4.78 is 11.5. The van der Waals surface area contributed by atoms with Crippen molar-refractivity contribution in [2.45, 2.75) is 66.6 Å². The number of hydrogen-bond donors (Lipinski definition) is 1. The maximum Gasteiger partial charge on any atom is 0.407 e. The van der Waals surface area contributed by atoms with Gasteiger partial charge in [-0.15, -0.1) is 0 Å². The van der Waals surface area contributed by atoms with Gasteiger partial charge in [0.05, 0.1) is 13.2 Å². The third-order valence-corrected chi connectivity index (χ3v) is 5.05. The quantitative estimate of drug-likeness (QED) is 0.647. The average Bonchev–Trinajstić information content (AvgIpc) is 2.59. The van der Waals surface area contributed by atoms with Gasteiger partial charge < -0.3 is 14.8 Å². The fourth-order valence-corrected chi connectivity index (χ4v) is 3.62. The predicted molar refractivity (Wildman–Crippen MR) is 118 cm³/mol. The second kappa shape index (κ2) is 9.93. The Balaban J connectivity index is 2.11. The summed E-state index contributed by atoms with van der Waals surface area (Å²) in [5.41, 5.74) is 6.82. The van der Waals surface area contributed by atoms with Crippen molar-refractivity contribution in [2.75, 3.05) is 13.2 Å². The highest BCUT2D eigenvalue weighted by Crippen LogP contribution is 2.25. The SMILES string of the molecule is Cc1cccc(C)c1COCC(CNC(=O)OC(C)(C)C)c1c(C)cccc1C. The van der Waals surface area contributed by atoms with Crippen molar-refractivity contribution in [3.8, 4) is 0 Å². The molecule has 2 rings (SSSR count). The normalized spacial score (nSPS) is 12.5. The van der Waals surface area contributed by atoms with E-state index >= 15 is 0 Å². The zero-order valence-electron chi connectivity index (χ0n) is 18.9.